The topological polar surface area (TPSA) is 101 Å². The van der Waals surface area contributed by atoms with Crippen molar-refractivity contribution in [3.63, 3.8) is 0 Å². The molecule has 156 valence electrons. The average molecular weight is 400 g/mol. The molecule has 0 bridgehead atoms. The van der Waals surface area contributed by atoms with Crippen LogP contribution in [0.2, 0.25) is 0 Å². The van der Waals surface area contributed by atoms with Gasteiger partial charge in [-0.05, 0) is 76.2 Å². The van der Waals surface area contributed by atoms with Gasteiger partial charge in [-0.3, -0.25) is 9.59 Å². The van der Waals surface area contributed by atoms with E-state index < -0.39 is 11.2 Å². The number of carbonyl (C=O) groups excluding carboxylic acids is 3. The number of benzene rings is 2. The second-order valence-corrected chi connectivity index (χ2v) is 7.50. The number of rotatable bonds is 7. The lowest BCUT2D eigenvalue weighted by Crippen LogP contribution is -2.31. The van der Waals surface area contributed by atoms with Crippen molar-refractivity contribution in [1.82, 2.24) is 0 Å². The van der Waals surface area contributed by atoms with Crippen LogP contribution in [0.5, 0.6) is 11.5 Å². The molecule has 0 aromatic heterocycles. The minimum Gasteiger partial charge on any atom is -0.457 e. The molecule has 0 aliphatic carbocycles. The van der Waals surface area contributed by atoms with Crippen molar-refractivity contribution in [3.8, 4) is 11.5 Å². The Labute approximate surface area is 171 Å². The molecule has 6 nitrogen and oxygen atoms in total. The number of ether oxygens (including phenoxy) is 1. The summed E-state index contributed by atoms with van der Waals surface area (Å²) in [5.41, 5.74) is -2.06. The van der Waals surface area contributed by atoms with Gasteiger partial charge in [-0.25, -0.2) is 0 Å². The molecule has 0 aliphatic heterocycles. The number of Topliss-reactive ketones (excluding diaryl/α,β-unsaturated/α-hetero) is 2. The van der Waals surface area contributed by atoms with Gasteiger partial charge >= 0.3 is 0 Å². The highest BCUT2D eigenvalue weighted by molar-refractivity contribution is 6.02. The van der Waals surface area contributed by atoms with Gasteiger partial charge in [-0.1, -0.05) is 6.92 Å². The van der Waals surface area contributed by atoms with Gasteiger partial charge < -0.3 is 19.7 Å². The fraction of sp³-hybridized carbons (Fsp3) is 0.348. The monoisotopic (exact) mass is 400 g/mol. The molecule has 2 rings (SSSR count). The predicted octanol–water partition coefficient (Wildman–Crippen LogP) is 3.98. The SMILES string of the molecule is CC(C)(O)C(=O)c1ccc(Oc2ccc(C(=O)C(C)(C)O)cc2)cc1.CCC=O. The van der Waals surface area contributed by atoms with Gasteiger partial charge in [-0.2, -0.15) is 0 Å². The van der Waals surface area contributed by atoms with Crippen LogP contribution in [0.1, 0.15) is 61.8 Å². The summed E-state index contributed by atoms with van der Waals surface area (Å²) in [5.74, 6) is 0.310. The number of aldehydes is 1. The standard InChI is InChI=1S/C20H22O5.C3H6O/c1-19(2,23)17(21)13-5-9-15(10-6-13)25-16-11-7-14(8-12-16)18(22)20(3,4)24;1-2-3-4/h5-12,23-24H,1-4H3;3H,2H2,1H3. The summed E-state index contributed by atoms with van der Waals surface area (Å²) in [4.78, 5) is 33.1. The van der Waals surface area contributed by atoms with Crippen molar-refractivity contribution in [2.75, 3.05) is 0 Å². The molecule has 0 spiro atoms. The third-order valence-corrected chi connectivity index (χ3v) is 3.75. The summed E-state index contributed by atoms with van der Waals surface area (Å²) in [6, 6.07) is 12.9. The zero-order valence-corrected chi connectivity index (χ0v) is 17.4. The molecule has 0 saturated heterocycles. The molecule has 0 atom stereocenters. The number of hydrogen-bond donors (Lipinski definition) is 2. The first-order chi connectivity index (χ1) is 13.4. The summed E-state index contributed by atoms with van der Waals surface area (Å²) in [6.07, 6.45) is 1.51. The van der Waals surface area contributed by atoms with E-state index in [-0.39, 0.29) is 11.6 Å². The molecular weight excluding hydrogens is 372 g/mol. The largest absolute Gasteiger partial charge is 0.457 e. The minimum atomic E-state index is -1.43. The van der Waals surface area contributed by atoms with Crippen molar-refractivity contribution in [2.24, 2.45) is 0 Å². The van der Waals surface area contributed by atoms with Gasteiger partial charge in [0.1, 0.15) is 29.0 Å². The lowest BCUT2D eigenvalue weighted by molar-refractivity contribution is -0.107. The van der Waals surface area contributed by atoms with Gasteiger partial charge in [-0.15, -0.1) is 0 Å². The summed E-state index contributed by atoms with van der Waals surface area (Å²) in [6.45, 7) is 7.58. The van der Waals surface area contributed by atoms with Crippen LogP contribution >= 0.6 is 0 Å². The molecule has 0 amide bonds. The molecule has 0 aliphatic rings. The van der Waals surface area contributed by atoms with E-state index in [9.17, 15) is 24.6 Å². The van der Waals surface area contributed by atoms with E-state index in [0.717, 1.165) is 6.29 Å². The number of aliphatic hydroxyl groups is 2. The smallest absolute Gasteiger partial charge is 0.193 e. The zero-order valence-electron chi connectivity index (χ0n) is 17.4. The Bertz CT molecular complexity index is 754. The molecule has 6 heteroatoms. The van der Waals surface area contributed by atoms with E-state index in [1.165, 1.54) is 27.7 Å². The van der Waals surface area contributed by atoms with Crippen LogP contribution in [-0.4, -0.2) is 39.3 Å². The maximum Gasteiger partial charge on any atom is 0.193 e. The summed E-state index contributed by atoms with van der Waals surface area (Å²) in [7, 11) is 0. The molecule has 0 heterocycles. The molecule has 0 unspecified atom stereocenters. The average Bonchev–Trinajstić information content (AvgIpc) is 2.67. The predicted molar refractivity (Wildman–Crippen MR) is 111 cm³/mol. The molecular formula is C23H28O6. The van der Waals surface area contributed by atoms with Gasteiger partial charge in [0.25, 0.3) is 0 Å². The van der Waals surface area contributed by atoms with Crippen LogP contribution in [0.25, 0.3) is 0 Å². The van der Waals surface area contributed by atoms with E-state index in [4.69, 9.17) is 4.74 Å². The van der Waals surface area contributed by atoms with Crippen LogP contribution in [-0.2, 0) is 4.79 Å². The Hall–Kier alpha value is -2.83. The third kappa shape index (κ3) is 7.60. The molecule has 2 aromatic rings. The second kappa shape index (κ2) is 10.1. The van der Waals surface area contributed by atoms with E-state index in [0.29, 0.717) is 29.0 Å². The second-order valence-electron chi connectivity index (χ2n) is 7.50. The lowest BCUT2D eigenvalue weighted by atomic mass is 9.97. The van der Waals surface area contributed by atoms with Crippen molar-refractivity contribution in [1.29, 1.82) is 0 Å². The number of ketones is 2. The maximum absolute atomic E-state index is 12.0. The fourth-order valence-corrected chi connectivity index (χ4v) is 2.19. The highest BCUT2D eigenvalue weighted by atomic mass is 16.5. The van der Waals surface area contributed by atoms with Crippen molar-refractivity contribution >= 4 is 17.9 Å². The van der Waals surface area contributed by atoms with Crippen molar-refractivity contribution in [3.05, 3.63) is 59.7 Å². The van der Waals surface area contributed by atoms with Gasteiger partial charge in [0.15, 0.2) is 11.6 Å². The molecule has 2 aromatic carbocycles. The van der Waals surface area contributed by atoms with Crippen LogP contribution in [0.4, 0.5) is 0 Å². The van der Waals surface area contributed by atoms with E-state index in [1.54, 1.807) is 48.5 Å². The molecule has 29 heavy (non-hydrogen) atoms. The Morgan fingerprint density at radius 3 is 1.28 bits per heavy atom. The molecule has 2 N–H and O–H groups in total. The number of carbonyl (C=O) groups is 3. The molecule has 0 saturated carbocycles. The van der Waals surface area contributed by atoms with Crippen LogP contribution < -0.4 is 4.74 Å². The normalized spacial score (nSPS) is 11.1. The summed E-state index contributed by atoms with van der Waals surface area (Å²) >= 11 is 0. The van der Waals surface area contributed by atoms with Crippen molar-refractivity contribution in [2.45, 2.75) is 52.2 Å². The van der Waals surface area contributed by atoms with Gasteiger partial charge in [0.2, 0.25) is 0 Å². The van der Waals surface area contributed by atoms with Crippen molar-refractivity contribution < 1.29 is 29.3 Å². The Kier molecular flexibility index (Phi) is 8.42. The van der Waals surface area contributed by atoms with Crippen LogP contribution in [0, 0.1) is 0 Å². The quantitative estimate of drug-likeness (QED) is 0.538. The fourth-order valence-electron chi connectivity index (χ4n) is 2.19. The minimum absolute atomic E-state index is 0.367. The van der Waals surface area contributed by atoms with E-state index in [1.807, 2.05) is 6.92 Å². The Morgan fingerprint density at radius 2 is 1.07 bits per heavy atom. The first kappa shape index (κ1) is 24.2. The molecule has 0 radical (unpaired) electrons. The van der Waals surface area contributed by atoms with E-state index in [2.05, 4.69) is 0 Å². The third-order valence-electron chi connectivity index (χ3n) is 3.75. The number of hydrogen-bond acceptors (Lipinski definition) is 6. The first-order valence-corrected chi connectivity index (χ1v) is 9.26. The van der Waals surface area contributed by atoms with Crippen LogP contribution in [0.15, 0.2) is 48.5 Å². The van der Waals surface area contributed by atoms with Gasteiger partial charge in [0, 0.05) is 17.5 Å². The molecule has 0 fully saturated rings. The maximum atomic E-state index is 12.0. The Morgan fingerprint density at radius 1 is 0.793 bits per heavy atom. The highest BCUT2D eigenvalue weighted by Crippen LogP contribution is 2.24. The van der Waals surface area contributed by atoms with Gasteiger partial charge in [0.05, 0.1) is 0 Å². The summed E-state index contributed by atoms with van der Waals surface area (Å²) in [5, 5.41) is 19.5. The Balaban J connectivity index is 0.000000960. The first-order valence-electron chi connectivity index (χ1n) is 9.26. The zero-order chi connectivity index (χ0) is 22.2. The van der Waals surface area contributed by atoms with E-state index >= 15 is 0 Å². The lowest BCUT2D eigenvalue weighted by Gasteiger charge is -2.16. The highest BCUT2D eigenvalue weighted by Gasteiger charge is 2.26. The van der Waals surface area contributed by atoms with Crippen LogP contribution in [0.3, 0.4) is 0 Å². The summed E-state index contributed by atoms with van der Waals surface area (Å²) < 4.78 is 5.67.